The van der Waals surface area contributed by atoms with E-state index in [4.69, 9.17) is 4.74 Å². The van der Waals surface area contributed by atoms with Gasteiger partial charge in [-0.25, -0.2) is 9.97 Å². The van der Waals surface area contributed by atoms with Crippen LogP contribution in [0.2, 0.25) is 0 Å². The molecule has 1 saturated heterocycles. The normalized spacial score (nSPS) is 15.9. The van der Waals surface area contributed by atoms with Crippen LogP contribution in [0.3, 0.4) is 0 Å². The maximum atomic E-state index is 5.31. The van der Waals surface area contributed by atoms with E-state index in [0.29, 0.717) is 5.16 Å². The predicted octanol–water partition coefficient (Wildman–Crippen LogP) is 1.32. The van der Waals surface area contributed by atoms with Crippen LogP contribution < -0.4 is 4.90 Å². The van der Waals surface area contributed by atoms with E-state index in [2.05, 4.69) is 25.1 Å². The Bertz CT molecular complexity index is 500. The average Bonchev–Trinajstić information content (AvgIpc) is 2.89. The van der Waals surface area contributed by atoms with Crippen LogP contribution in [-0.2, 0) is 4.74 Å². The van der Waals surface area contributed by atoms with E-state index >= 15 is 0 Å². The highest BCUT2D eigenvalue weighted by Crippen LogP contribution is 2.31. The van der Waals surface area contributed by atoms with Gasteiger partial charge in [0.25, 0.3) is 0 Å². The second kappa shape index (κ2) is 5.59. The molecule has 0 atom stereocenters. The summed E-state index contributed by atoms with van der Waals surface area (Å²) in [5.74, 6) is 0. The van der Waals surface area contributed by atoms with Gasteiger partial charge in [-0.3, -0.25) is 0 Å². The molecule has 0 radical (unpaired) electrons. The number of ether oxygens (including phenoxy) is 1. The summed E-state index contributed by atoms with van der Waals surface area (Å²) >= 11 is 3.00. The van der Waals surface area contributed by atoms with Gasteiger partial charge < -0.3 is 9.64 Å². The molecule has 3 rings (SSSR count). The number of hydrogen-bond acceptors (Lipinski definition) is 8. The van der Waals surface area contributed by atoms with Crippen LogP contribution >= 0.6 is 23.1 Å². The monoisotopic (exact) mass is 281 g/mol. The molecule has 1 aliphatic rings. The van der Waals surface area contributed by atoms with Crippen LogP contribution in [-0.4, -0.2) is 46.5 Å². The Morgan fingerprint density at radius 3 is 2.72 bits per heavy atom. The number of rotatable bonds is 3. The summed E-state index contributed by atoms with van der Waals surface area (Å²) < 4.78 is 6.18. The lowest BCUT2D eigenvalue weighted by atomic mass is 10.5. The van der Waals surface area contributed by atoms with Gasteiger partial charge in [-0.1, -0.05) is 11.3 Å². The lowest BCUT2D eigenvalue weighted by Crippen LogP contribution is -2.36. The Morgan fingerprint density at radius 1 is 1.17 bits per heavy atom. The smallest absolute Gasteiger partial charge is 0.209 e. The molecule has 0 spiro atoms. The van der Waals surface area contributed by atoms with E-state index in [9.17, 15) is 0 Å². The summed E-state index contributed by atoms with van der Waals surface area (Å²) in [4.78, 5) is 10.5. The van der Waals surface area contributed by atoms with E-state index in [1.165, 1.54) is 11.8 Å². The molecule has 0 unspecified atom stereocenters. The van der Waals surface area contributed by atoms with Crippen molar-refractivity contribution >= 4 is 28.2 Å². The lowest BCUT2D eigenvalue weighted by Gasteiger charge is -2.25. The number of nitrogens with zero attached hydrogens (tertiary/aromatic N) is 5. The zero-order chi connectivity index (χ0) is 12.2. The summed E-state index contributed by atoms with van der Waals surface area (Å²) in [7, 11) is 0. The fourth-order valence-electron chi connectivity index (χ4n) is 1.54. The molecule has 0 N–H and O–H groups in total. The summed E-state index contributed by atoms with van der Waals surface area (Å²) in [6.45, 7) is 3.26. The minimum Gasteiger partial charge on any atom is -0.378 e. The topological polar surface area (TPSA) is 64.0 Å². The van der Waals surface area contributed by atoms with Crippen molar-refractivity contribution in [1.29, 1.82) is 0 Å². The number of morpholine rings is 1. The summed E-state index contributed by atoms with van der Waals surface area (Å²) in [5.41, 5.74) is 0. The van der Waals surface area contributed by atoms with Crippen LogP contribution in [0.4, 0.5) is 5.13 Å². The van der Waals surface area contributed by atoms with Crippen LogP contribution in [0.1, 0.15) is 0 Å². The molecule has 0 amide bonds. The molecule has 0 aliphatic carbocycles. The molecule has 2 aromatic rings. The van der Waals surface area contributed by atoms with Crippen LogP contribution in [0.25, 0.3) is 0 Å². The third-order valence-corrected chi connectivity index (χ3v) is 4.33. The molecular weight excluding hydrogens is 270 g/mol. The summed E-state index contributed by atoms with van der Waals surface area (Å²) in [6.07, 6.45) is 3.44. The molecule has 94 valence electrons. The highest BCUT2D eigenvalue weighted by Gasteiger charge is 2.16. The van der Waals surface area contributed by atoms with Crippen molar-refractivity contribution in [3.8, 4) is 0 Å². The van der Waals surface area contributed by atoms with Gasteiger partial charge in [-0.15, -0.1) is 10.2 Å². The minimum absolute atomic E-state index is 0.696. The van der Waals surface area contributed by atoms with E-state index < -0.39 is 0 Å². The first-order valence-corrected chi connectivity index (χ1v) is 7.16. The quantitative estimate of drug-likeness (QED) is 0.786. The van der Waals surface area contributed by atoms with Gasteiger partial charge in [-0.05, 0) is 17.8 Å². The lowest BCUT2D eigenvalue weighted by molar-refractivity contribution is 0.122. The van der Waals surface area contributed by atoms with Gasteiger partial charge in [0.15, 0.2) is 9.50 Å². The fraction of sp³-hybridized carbons (Fsp3) is 0.400. The zero-order valence-electron chi connectivity index (χ0n) is 9.52. The Balaban J connectivity index is 1.69. The van der Waals surface area contributed by atoms with Crippen molar-refractivity contribution in [2.45, 2.75) is 9.50 Å². The van der Waals surface area contributed by atoms with Crippen molar-refractivity contribution in [2.24, 2.45) is 0 Å². The standard InChI is InChI=1S/C10H11N5OS2/c1-2-11-8(12-3-1)17-10-14-13-9(18-10)15-4-6-16-7-5-15/h1-3H,4-7H2. The number of hydrogen-bond donors (Lipinski definition) is 0. The van der Waals surface area contributed by atoms with Crippen molar-refractivity contribution in [3.63, 3.8) is 0 Å². The first kappa shape index (κ1) is 11.8. The van der Waals surface area contributed by atoms with Gasteiger partial charge >= 0.3 is 0 Å². The zero-order valence-corrected chi connectivity index (χ0v) is 11.2. The second-order valence-corrected chi connectivity index (χ2v) is 5.75. The average molecular weight is 281 g/mol. The number of anilines is 1. The Kier molecular flexibility index (Phi) is 3.67. The minimum atomic E-state index is 0.696. The van der Waals surface area contributed by atoms with Crippen LogP contribution in [0.5, 0.6) is 0 Å². The van der Waals surface area contributed by atoms with Gasteiger partial charge in [0.05, 0.1) is 13.2 Å². The van der Waals surface area contributed by atoms with Gasteiger partial charge in [-0.2, -0.15) is 0 Å². The first-order valence-electron chi connectivity index (χ1n) is 5.53. The Labute approximate surface area is 112 Å². The van der Waals surface area contributed by atoms with Gasteiger partial charge in [0, 0.05) is 25.5 Å². The van der Waals surface area contributed by atoms with Crippen molar-refractivity contribution < 1.29 is 4.74 Å². The highest BCUT2D eigenvalue weighted by molar-refractivity contribution is 8.00. The summed E-state index contributed by atoms with van der Waals surface area (Å²) in [6, 6.07) is 1.79. The third kappa shape index (κ3) is 2.77. The largest absolute Gasteiger partial charge is 0.378 e. The SMILES string of the molecule is c1cnc(Sc2nnc(N3CCOCC3)s2)nc1. The maximum absolute atomic E-state index is 5.31. The van der Waals surface area contributed by atoms with Crippen molar-refractivity contribution in [2.75, 3.05) is 31.2 Å². The molecule has 0 saturated carbocycles. The highest BCUT2D eigenvalue weighted by atomic mass is 32.2. The molecule has 8 heteroatoms. The Morgan fingerprint density at radius 2 is 1.94 bits per heavy atom. The van der Waals surface area contributed by atoms with Crippen molar-refractivity contribution in [3.05, 3.63) is 18.5 Å². The third-order valence-electron chi connectivity index (χ3n) is 2.40. The van der Waals surface area contributed by atoms with Crippen LogP contribution in [0.15, 0.2) is 28.0 Å². The van der Waals surface area contributed by atoms with E-state index in [-0.39, 0.29) is 0 Å². The molecule has 1 fully saturated rings. The second-order valence-electron chi connectivity index (χ2n) is 3.58. The molecule has 0 aromatic carbocycles. The molecule has 18 heavy (non-hydrogen) atoms. The molecule has 1 aliphatic heterocycles. The Hall–Kier alpha value is -1.25. The van der Waals surface area contributed by atoms with Crippen LogP contribution in [0, 0.1) is 0 Å². The van der Waals surface area contributed by atoms with Gasteiger partial charge in [0.2, 0.25) is 5.13 Å². The van der Waals surface area contributed by atoms with Crippen molar-refractivity contribution in [1.82, 2.24) is 20.2 Å². The predicted molar refractivity (Wildman–Crippen MR) is 69.1 cm³/mol. The molecule has 0 bridgehead atoms. The summed E-state index contributed by atoms with van der Waals surface area (Å²) in [5, 5.41) is 9.99. The van der Waals surface area contributed by atoms with E-state index in [1.54, 1.807) is 29.8 Å². The number of aromatic nitrogens is 4. The molecule has 3 heterocycles. The molecule has 6 nitrogen and oxygen atoms in total. The fourth-order valence-corrected chi connectivity index (χ4v) is 3.25. The van der Waals surface area contributed by atoms with E-state index in [1.807, 2.05) is 0 Å². The van der Waals surface area contributed by atoms with E-state index in [0.717, 1.165) is 35.8 Å². The first-order chi connectivity index (χ1) is 8.92. The molecular formula is C10H11N5OS2. The van der Waals surface area contributed by atoms with Gasteiger partial charge in [0.1, 0.15) is 0 Å². The maximum Gasteiger partial charge on any atom is 0.209 e. The molecule has 2 aromatic heterocycles.